The molecule has 3 N–H and O–H groups in total. The largest absolute Gasteiger partial charge is 0.325 e. The molecule has 0 rings (SSSR count). The molecule has 1 unspecified atom stereocenters. The van der Waals surface area contributed by atoms with Crippen molar-refractivity contribution in [2.24, 2.45) is 5.73 Å². The van der Waals surface area contributed by atoms with Crippen molar-refractivity contribution >= 4 is 0 Å². The molecule has 0 aliphatic rings. The molecule has 3 nitrogen and oxygen atoms in total. The van der Waals surface area contributed by atoms with Gasteiger partial charge in [-0.25, -0.2) is 0 Å². The van der Waals surface area contributed by atoms with Gasteiger partial charge in [0.2, 0.25) is 0 Å². The molecule has 0 aromatic rings. The topological polar surface area (TPSA) is 41.3 Å². The van der Waals surface area contributed by atoms with Crippen molar-refractivity contribution in [2.75, 3.05) is 34.2 Å². The lowest BCUT2D eigenvalue weighted by atomic mass is 10.3. The molecule has 0 aliphatic carbocycles. The van der Waals surface area contributed by atoms with Gasteiger partial charge in [0, 0.05) is 19.1 Å². The quantitative estimate of drug-likeness (QED) is 0.519. The smallest absolute Gasteiger partial charge is 0.0294 e. The Bertz CT molecular complexity index is 63.3. The van der Waals surface area contributed by atoms with Crippen LogP contribution in [0.3, 0.4) is 0 Å². The normalized spacial score (nSPS) is 14.3. The first kappa shape index (κ1) is 8.88. The van der Waals surface area contributed by atoms with E-state index in [1.54, 1.807) is 0 Å². The minimum absolute atomic E-state index is 0.255. The van der Waals surface area contributed by atoms with Crippen molar-refractivity contribution in [3.8, 4) is 0 Å². The van der Waals surface area contributed by atoms with Crippen LogP contribution in [0.25, 0.3) is 0 Å². The molecule has 1 atom stereocenters. The second kappa shape index (κ2) is 4.73. The van der Waals surface area contributed by atoms with Crippen LogP contribution in [0.1, 0.15) is 0 Å². The van der Waals surface area contributed by atoms with Gasteiger partial charge in [0.15, 0.2) is 0 Å². The average Bonchev–Trinajstić information content (AvgIpc) is 1.63. The molecular formula is C6H17N3. The van der Waals surface area contributed by atoms with Crippen LogP contribution >= 0.6 is 0 Å². The fourth-order valence-electron chi connectivity index (χ4n) is 0.796. The summed E-state index contributed by atoms with van der Waals surface area (Å²) in [6.07, 6.45) is 0. The molecule has 0 aromatic heterocycles. The van der Waals surface area contributed by atoms with Crippen LogP contribution in [0, 0.1) is 0 Å². The zero-order valence-corrected chi connectivity index (χ0v) is 6.52. The summed E-state index contributed by atoms with van der Waals surface area (Å²) in [7, 11) is 5.96. The van der Waals surface area contributed by atoms with Crippen molar-refractivity contribution in [2.45, 2.75) is 6.04 Å². The molecule has 0 aromatic carbocycles. The van der Waals surface area contributed by atoms with E-state index in [1.165, 1.54) is 0 Å². The van der Waals surface area contributed by atoms with Crippen molar-refractivity contribution < 1.29 is 0 Å². The van der Waals surface area contributed by atoms with E-state index in [1.807, 2.05) is 21.1 Å². The second-order valence-electron chi connectivity index (χ2n) is 2.58. The number of likely N-dealkylation sites (N-methyl/N-ethyl adjacent to an activating group) is 2. The van der Waals surface area contributed by atoms with Gasteiger partial charge in [0.1, 0.15) is 0 Å². The van der Waals surface area contributed by atoms with E-state index in [0.29, 0.717) is 0 Å². The number of hydrogen-bond donors (Lipinski definition) is 2. The van der Waals surface area contributed by atoms with Gasteiger partial charge in [-0.15, -0.1) is 0 Å². The number of nitrogens with one attached hydrogen (secondary N) is 1. The third-order valence-corrected chi connectivity index (χ3v) is 1.07. The molecule has 0 heterocycles. The zero-order chi connectivity index (χ0) is 7.28. The summed E-state index contributed by atoms with van der Waals surface area (Å²) >= 11 is 0. The minimum Gasteiger partial charge on any atom is -0.325 e. The van der Waals surface area contributed by atoms with E-state index in [4.69, 9.17) is 5.73 Å². The molecule has 0 bridgehead atoms. The maximum Gasteiger partial charge on any atom is 0.0294 e. The lowest BCUT2D eigenvalue weighted by molar-refractivity contribution is 0.368. The van der Waals surface area contributed by atoms with Gasteiger partial charge in [-0.1, -0.05) is 0 Å². The van der Waals surface area contributed by atoms with E-state index in [0.717, 1.165) is 13.1 Å². The number of nitrogens with two attached hydrogens (primary N) is 1. The highest BCUT2D eigenvalue weighted by atomic mass is 15.1. The van der Waals surface area contributed by atoms with E-state index < -0.39 is 0 Å². The van der Waals surface area contributed by atoms with Gasteiger partial charge in [-0.05, 0) is 21.1 Å². The molecule has 0 spiro atoms. The molecule has 0 fully saturated rings. The third kappa shape index (κ3) is 5.76. The molecule has 0 amide bonds. The van der Waals surface area contributed by atoms with Gasteiger partial charge < -0.3 is 16.0 Å². The summed E-state index contributed by atoms with van der Waals surface area (Å²) in [5, 5.41) is 3.02. The van der Waals surface area contributed by atoms with E-state index in [-0.39, 0.29) is 6.04 Å². The molecular weight excluding hydrogens is 114 g/mol. The summed E-state index contributed by atoms with van der Waals surface area (Å²) in [5.74, 6) is 0. The highest BCUT2D eigenvalue weighted by molar-refractivity contribution is 4.64. The Balaban J connectivity index is 3.15. The highest BCUT2D eigenvalue weighted by Gasteiger charge is 1.99. The first-order chi connectivity index (χ1) is 4.16. The number of nitrogens with zero attached hydrogens (tertiary/aromatic N) is 1. The minimum atomic E-state index is 0.255. The summed E-state index contributed by atoms with van der Waals surface area (Å²) in [5.41, 5.74) is 5.68. The second-order valence-corrected chi connectivity index (χ2v) is 2.58. The predicted molar refractivity (Wildman–Crippen MR) is 40.5 cm³/mol. The fourth-order valence-corrected chi connectivity index (χ4v) is 0.796. The monoisotopic (exact) mass is 131 g/mol. The molecule has 0 saturated carbocycles. The summed E-state index contributed by atoms with van der Waals surface area (Å²) in [6.45, 7) is 1.83. The Morgan fingerprint density at radius 2 is 2.11 bits per heavy atom. The van der Waals surface area contributed by atoms with Crippen LogP contribution < -0.4 is 11.1 Å². The molecule has 9 heavy (non-hydrogen) atoms. The SMILES string of the molecule is CNCC(N)CN(C)C. The predicted octanol–water partition coefficient (Wildman–Crippen LogP) is -0.905. The zero-order valence-electron chi connectivity index (χ0n) is 6.52. The van der Waals surface area contributed by atoms with Crippen molar-refractivity contribution in [1.29, 1.82) is 0 Å². The first-order valence-corrected chi connectivity index (χ1v) is 3.21. The molecule has 0 saturated heterocycles. The lowest BCUT2D eigenvalue weighted by Crippen LogP contribution is -2.40. The van der Waals surface area contributed by atoms with Crippen LogP contribution in [-0.4, -0.2) is 45.2 Å². The van der Waals surface area contributed by atoms with Gasteiger partial charge in [-0.2, -0.15) is 0 Å². The third-order valence-electron chi connectivity index (χ3n) is 1.07. The van der Waals surface area contributed by atoms with Gasteiger partial charge >= 0.3 is 0 Å². The number of hydrogen-bond acceptors (Lipinski definition) is 3. The van der Waals surface area contributed by atoms with Crippen LogP contribution in [0.5, 0.6) is 0 Å². The maximum absolute atomic E-state index is 5.68. The standard InChI is InChI=1S/C6H17N3/c1-8-4-6(7)5-9(2)3/h6,8H,4-5,7H2,1-3H3. The van der Waals surface area contributed by atoms with Crippen LogP contribution in [-0.2, 0) is 0 Å². The Hall–Kier alpha value is -0.120. The Morgan fingerprint density at radius 3 is 2.44 bits per heavy atom. The maximum atomic E-state index is 5.68. The van der Waals surface area contributed by atoms with Crippen LogP contribution in [0.15, 0.2) is 0 Å². The Morgan fingerprint density at radius 1 is 1.56 bits per heavy atom. The van der Waals surface area contributed by atoms with Crippen LogP contribution in [0.4, 0.5) is 0 Å². The summed E-state index contributed by atoms with van der Waals surface area (Å²) < 4.78 is 0. The lowest BCUT2D eigenvalue weighted by Gasteiger charge is -2.15. The Kier molecular flexibility index (Phi) is 4.67. The molecule has 56 valence electrons. The van der Waals surface area contributed by atoms with Gasteiger partial charge in [0.05, 0.1) is 0 Å². The van der Waals surface area contributed by atoms with Crippen LogP contribution in [0.2, 0.25) is 0 Å². The molecule has 0 aliphatic heterocycles. The number of rotatable bonds is 4. The van der Waals surface area contributed by atoms with E-state index in [9.17, 15) is 0 Å². The summed E-state index contributed by atoms with van der Waals surface area (Å²) in [6, 6.07) is 0.255. The Labute approximate surface area is 57.2 Å². The highest BCUT2D eigenvalue weighted by Crippen LogP contribution is 1.78. The molecule has 3 heteroatoms. The van der Waals surface area contributed by atoms with Crippen molar-refractivity contribution in [3.63, 3.8) is 0 Å². The van der Waals surface area contributed by atoms with E-state index >= 15 is 0 Å². The molecule has 0 radical (unpaired) electrons. The van der Waals surface area contributed by atoms with Crippen molar-refractivity contribution in [1.82, 2.24) is 10.2 Å². The van der Waals surface area contributed by atoms with E-state index in [2.05, 4.69) is 10.2 Å². The van der Waals surface area contributed by atoms with Gasteiger partial charge in [-0.3, -0.25) is 0 Å². The van der Waals surface area contributed by atoms with Gasteiger partial charge in [0.25, 0.3) is 0 Å². The van der Waals surface area contributed by atoms with Crippen molar-refractivity contribution in [3.05, 3.63) is 0 Å². The first-order valence-electron chi connectivity index (χ1n) is 3.21. The summed E-state index contributed by atoms with van der Waals surface area (Å²) in [4.78, 5) is 2.09. The fraction of sp³-hybridized carbons (Fsp3) is 1.00. The average molecular weight is 131 g/mol.